The highest BCUT2D eigenvalue weighted by Crippen LogP contribution is 2.31. The highest BCUT2D eigenvalue weighted by molar-refractivity contribution is 8.03. The number of fused-ring (bicyclic) bond motifs is 3. The third-order valence-corrected chi connectivity index (χ3v) is 9.02. The van der Waals surface area contributed by atoms with Crippen molar-refractivity contribution in [1.29, 1.82) is 0 Å². The number of aromatic nitrogens is 3. The number of carbonyl (C=O) groups is 1. The summed E-state index contributed by atoms with van der Waals surface area (Å²) >= 11 is 10.4. The number of nitrogens with zero attached hydrogens (tertiary/aromatic N) is 4. The average Bonchev–Trinajstić information content (AvgIpc) is 3.49. The molecular formula is C26H22ClN5OS3. The number of rotatable bonds is 9. The van der Waals surface area contributed by atoms with Gasteiger partial charge in [0.2, 0.25) is 0 Å². The summed E-state index contributed by atoms with van der Waals surface area (Å²) < 4.78 is 3.93. The van der Waals surface area contributed by atoms with E-state index in [1.54, 1.807) is 18.0 Å². The number of thioether (sulfide) groups is 2. The lowest BCUT2D eigenvalue weighted by Crippen LogP contribution is -2.19. The van der Waals surface area contributed by atoms with Gasteiger partial charge in [0, 0.05) is 39.1 Å². The highest BCUT2D eigenvalue weighted by Gasteiger charge is 2.10. The zero-order valence-corrected chi connectivity index (χ0v) is 22.6. The van der Waals surface area contributed by atoms with Gasteiger partial charge in [0.05, 0.1) is 12.0 Å². The molecule has 0 spiro atoms. The minimum atomic E-state index is -0.189. The van der Waals surface area contributed by atoms with Crippen LogP contribution in [0.4, 0.5) is 0 Å². The first-order valence-electron chi connectivity index (χ1n) is 11.3. The molecule has 2 heterocycles. The number of nitrogens with one attached hydrogen (secondary N) is 1. The average molecular weight is 552 g/mol. The normalized spacial score (nSPS) is 11.6. The SMILES string of the molecule is CCn1c2ccccc2c2cc(/C=N/NC(=O)CSc3nnc(SCc4ccc(Cl)cc4)s3)ccc21. The Bertz CT molecular complexity index is 1540. The molecule has 0 fully saturated rings. The van der Waals surface area contributed by atoms with Crippen molar-refractivity contribution in [3.05, 3.63) is 82.9 Å². The number of carbonyl (C=O) groups excluding carboxylic acids is 1. The fourth-order valence-electron chi connectivity index (χ4n) is 3.87. The van der Waals surface area contributed by atoms with Gasteiger partial charge in [-0.05, 0) is 48.4 Å². The van der Waals surface area contributed by atoms with E-state index in [1.165, 1.54) is 50.5 Å². The molecule has 5 rings (SSSR count). The molecule has 0 atom stereocenters. The molecule has 0 aliphatic carbocycles. The lowest BCUT2D eigenvalue weighted by atomic mass is 10.1. The van der Waals surface area contributed by atoms with E-state index in [-0.39, 0.29) is 11.7 Å². The van der Waals surface area contributed by atoms with Gasteiger partial charge in [-0.1, -0.05) is 82.9 Å². The van der Waals surface area contributed by atoms with Crippen LogP contribution in [0.15, 0.2) is 80.5 Å². The maximum absolute atomic E-state index is 12.3. The molecular weight excluding hydrogens is 530 g/mol. The molecule has 0 aliphatic heterocycles. The van der Waals surface area contributed by atoms with Crippen LogP contribution >= 0.6 is 46.5 Å². The van der Waals surface area contributed by atoms with Crippen molar-refractivity contribution in [3.8, 4) is 0 Å². The summed E-state index contributed by atoms with van der Waals surface area (Å²) in [5.74, 6) is 0.818. The molecule has 0 bridgehead atoms. The van der Waals surface area contributed by atoms with Gasteiger partial charge in [0.25, 0.3) is 5.91 Å². The van der Waals surface area contributed by atoms with Crippen molar-refractivity contribution in [2.45, 2.75) is 27.9 Å². The Morgan fingerprint density at radius 2 is 1.78 bits per heavy atom. The van der Waals surface area contributed by atoms with Gasteiger partial charge < -0.3 is 4.57 Å². The highest BCUT2D eigenvalue weighted by atomic mass is 35.5. The Hall–Kier alpha value is -2.85. The Balaban J connectivity index is 1.14. The van der Waals surface area contributed by atoms with Crippen molar-refractivity contribution in [2.24, 2.45) is 5.10 Å². The second-order valence-electron chi connectivity index (χ2n) is 7.87. The summed E-state index contributed by atoms with van der Waals surface area (Å²) in [5.41, 5.74) is 7.12. The Kier molecular flexibility index (Phi) is 7.91. The molecule has 2 aromatic heterocycles. The van der Waals surface area contributed by atoms with Gasteiger partial charge in [-0.15, -0.1) is 10.2 Å². The van der Waals surface area contributed by atoms with E-state index in [1.807, 2.05) is 30.3 Å². The van der Waals surface area contributed by atoms with Crippen LogP contribution < -0.4 is 5.43 Å². The molecule has 36 heavy (non-hydrogen) atoms. The van der Waals surface area contributed by atoms with Crippen LogP contribution in [0, 0.1) is 0 Å². The first-order chi connectivity index (χ1) is 17.6. The van der Waals surface area contributed by atoms with Gasteiger partial charge >= 0.3 is 0 Å². The zero-order valence-electron chi connectivity index (χ0n) is 19.3. The monoisotopic (exact) mass is 551 g/mol. The summed E-state index contributed by atoms with van der Waals surface area (Å²) in [5, 5.41) is 15.6. The van der Waals surface area contributed by atoms with Crippen LogP contribution in [0.25, 0.3) is 21.8 Å². The quantitative estimate of drug-likeness (QED) is 0.123. The van der Waals surface area contributed by atoms with Crippen LogP contribution in [-0.2, 0) is 17.1 Å². The largest absolute Gasteiger partial charge is 0.341 e. The lowest BCUT2D eigenvalue weighted by molar-refractivity contribution is -0.118. The third-order valence-electron chi connectivity index (χ3n) is 5.51. The van der Waals surface area contributed by atoms with E-state index in [0.717, 1.165) is 31.6 Å². The number of aryl methyl sites for hydroxylation is 1. The van der Waals surface area contributed by atoms with Crippen LogP contribution in [0.5, 0.6) is 0 Å². The third kappa shape index (κ3) is 5.75. The van der Waals surface area contributed by atoms with Gasteiger partial charge in [0.15, 0.2) is 8.68 Å². The number of amides is 1. The molecule has 1 N–H and O–H groups in total. The standard InChI is InChI=1S/C26H22ClN5OS3/c1-2-32-22-6-4-3-5-20(22)21-13-18(9-12-23(21)32)14-28-29-24(33)16-35-26-31-30-25(36-26)34-15-17-7-10-19(27)11-8-17/h3-14H,2,15-16H2,1H3,(H,29,33)/b28-14+. The first kappa shape index (κ1) is 24.8. The van der Waals surface area contributed by atoms with Crippen molar-refractivity contribution >= 4 is 80.4 Å². The Morgan fingerprint density at radius 3 is 2.58 bits per heavy atom. The second kappa shape index (κ2) is 11.5. The van der Waals surface area contributed by atoms with Gasteiger partial charge in [-0.25, -0.2) is 5.43 Å². The van der Waals surface area contributed by atoms with Crippen molar-refractivity contribution in [3.63, 3.8) is 0 Å². The fourth-order valence-corrected chi connectivity index (χ4v) is 6.76. The smallest absolute Gasteiger partial charge is 0.250 e. The number of benzene rings is 3. The molecule has 0 saturated heterocycles. The van der Waals surface area contributed by atoms with E-state index in [4.69, 9.17) is 11.6 Å². The van der Waals surface area contributed by atoms with Crippen molar-refractivity contribution in [1.82, 2.24) is 20.2 Å². The van der Waals surface area contributed by atoms with E-state index in [0.29, 0.717) is 0 Å². The number of para-hydroxylation sites is 1. The van der Waals surface area contributed by atoms with Gasteiger partial charge in [-0.3, -0.25) is 4.79 Å². The van der Waals surface area contributed by atoms with Gasteiger partial charge in [-0.2, -0.15) is 5.10 Å². The summed E-state index contributed by atoms with van der Waals surface area (Å²) in [4.78, 5) is 12.3. The Labute approximate surface area is 226 Å². The number of halogens is 1. The number of hydrogen-bond donors (Lipinski definition) is 1. The van der Waals surface area contributed by atoms with E-state index < -0.39 is 0 Å². The van der Waals surface area contributed by atoms with Crippen LogP contribution in [-0.4, -0.2) is 32.6 Å². The van der Waals surface area contributed by atoms with Crippen LogP contribution in [0.2, 0.25) is 5.02 Å². The molecule has 10 heteroatoms. The number of hydrogen-bond acceptors (Lipinski definition) is 7. The predicted molar refractivity (Wildman–Crippen MR) is 153 cm³/mol. The first-order valence-corrected chi connectivity index (χ1v) is 14.4. The Morgan fingerprint density at radius 1 is 1.03 bits per heavy atom. The zero-order chi connectivity index (χ0) is 24.9. The molecule has 0 unspecified atom stereocenters. The molecule has 0 saturated carbocycles. The number of hydrazone groups is 1. The van der Waals surface area contributed by atoms with Crippen LogP contribution in [0.3, 0.4) is 0 Å². The van der Waals surface area contributed by atoms with E-state index >= 15 is 0 Å². The van der Waals surface area contributed by atoms with Gasteiger partial charge in [0.1, 0.15) is 0 Å². The summed E-state index contributed by atoms with van der Waals surface area (Å²) in [6.07, 6.45) is 1.68. The summed E-state index contributed by atoms with van der Waals surface area (Å²) in [7, 11) is 0. The van der Waals surface area contributed by atoms with Crippen molar-refractivity contribution < 1.29 is 4.79 Å². The maximum atomic E-state index is 12.3. The molecule has 1 amide bonds. The van der Waals surface area contributed by atoms with E-state index in [9.17, 15) is 4.79 Å². The molecule has 0 aliphatic rings. The minimum absolute atomic E-state index is 0.189. The maximum Gasteiger partial charge on any atom is 0.250 e. The summed E-state index contributed by atoms with van der Waals surface area (Å²) in [6, 6.07) is 22.4. The van der Waals surface area contributed by atoms with Crippen molar-refractivity contribution in [2.75, 3.05) is 5.75 Å². The van der Waals surface area contributed by atoms with E-state index in [2.05, 4.69) is 68.6 Å². The lowest BCUT2D eigenvalue weighted by Gasteiger charge is -2.02. The van der Waals surface area contributed by atoms with Crippen LogP contribution in [0.1, 0.15) is 18.1 Å². The molecule has 3 aromatic carbocycles. The molecule has 182 valence electrons. The fraction of sp³-hybridized carbons (Fsp3) is 0.154. The molecule has 5 aromatic rings. The molecule has 6 nitrogen and oxygen atoms in total. The second-order valence-corrected chi connectivity index (χ2v) is 11.7. The topological polar surface area (TPSA) is 72.2 Å². The summed E-state index contributed by atoms with van der Waals surface area (Å²) in [6.45, 7) is 3.06. The minimum Gasteiger partial charge on any atom is -0.341 e. The predicted octanol–water partition coefficient (Wildman–Crippen LogP) is 6.85. The molecule has 0 radical (unpaired) electrons.